The van der Waals surface area contributed by atoms with Gasteiger partial charge in [0, 0.05) is 17.8 Å². The third kappa shape index (κ3) is 4.10. The molecule has 0 spiro atoms. The normalized spacial score (nSPS) is 45.5. The lowest BCUT2D eigenvalue weighted by molar-refractivity contribution is -0.251. The van der Waals surface area contributed by atoms with Crippen LogP contribution in [0.25, 0.3) is 0 Å². The van der Waals surface area contributed by atoms with Crippen LogP contribution in [-0.4, -0.2) is 39.5 Å². The second kappa shape index (κ2) is 9.92. The quantitative estimate of drug-likeness (QED) is 0.267. The summed E-state index contributed by atoms with van der Waals surface area (Å²) in [4.78, 5) is 28.7. The van der Waals surface area contributed by atoms with Crippen molar-refractivity contribution in [1.82, 2.24) is 14.8 Å². The molecule has 0 bridgehead atoms. The van der Waals surface area contributed by atoms with E-state index in [0.717, 1.165) is 32.1 Å². The number of rotatable bonds is 4. The van der Waals surface area contributed by atoms with Gasteiger partial charge in [-0.05, 0) is 117 Å². The summed E-state index contributed by atoms with van der Waals surface area (Å²) in [7, 11) is 0. The topological polar surface area (TPSA) is 83.3 Å². The van der Waals surface area contributed by atoms with E-state index in [1.54, 1.807) is 6.92 Å². The van der Waals surface area contributed by atoms with Gasteiger partial charge in [0.1, 0.15) is 18.8 Å². The molecule has 0 radical (unpaired) electrons. The number of aromatic nitrogens is 3. The highest BCUT2D eigenvalue weighted by molar-refractivity contribution is 5.68. The minimum atomic E-state index is -0.429. The molecule has 4 unspecified atom stereocenters. The lowest BCUT2D eigenvalue weighted by Crippen LogP contribution is -2.67. The van der Waals surface area contributed by atoms with E-state index < -0.39 is 6.09 Å². The van der Waals surface area contributed by atoms with Crippen molar-refractivity contribution in [1.29, 1.82) is 0 Å². The van der Waals surface area contributed by atoms with Crippen LogP contribution in [-0.2, 0) is 14.3 Å². The molecule has 0 amide bonds. The number of hydrogen-bond acceptors (Lipinski definition) is 6. The molecule has 1 aromatic heterocycles. The number of allylic oxidation sites excluding steroid dienone is 1. The maximum Gasteiger partial charge on any atom is 0.436 e. The van der Waals surface area contributed by atoms with Crippen LogP contribution in [0.1, 0.15) is 113 Å². The zero-order chi connectivity index (χ0) is 30.3. The van der Waals surface area contributed by atoms with Gasteiger partial charge in [0.15, 0.2) is 0 Å². The summed E-state index contributed by atoms with van der Waals surface area (Å²) < 4.78 is 13.1. The Balaban J connectivity index is 1.31. The predicted molar refractivity (Wildman–Crippen MR) is 161 cm³/mol. The van der Waals surface area contributed by atoms with Crippen molar-refractivity contribution in [3.8, 4) is 0 Å². The van der Waals surface area contributed by atoms with Gasteiger partial charge < -0.3 is 9.47 Å². The lowest BCUT2D eigenvalue weighted by atomic mass is 9.32. The van der Waals surface area contributed by atoms with Gasteiger partial charge >= 0.3 is 12.1 Å². The molecule has 5 fully saturated rings. The molecule has 5 aliphatic rings. The zero-order valence-corrected chi connectivity index (χ0v) is 27.1. The van der Waals surface area contributed by atoms with Crippen LogP contribution in [0.5, 0.6) is 0 Å². The molecule has 10 atom stereocenters. The molecular formula is C35H53N3O4. The number of carbonyl (C=O) groups is 2. The highest BCUT2D eigenvalue weighted by Gasteiger charge is 2.71. The van der Waals surface area contributed by atoms with E-state index in [9.17, 15) is 9.59 Å². The van der Waals surface area contributed by atoms with E-state index >= 15 is 0 Å². The fourth-order valence-corrected chi connectivity index (χ4v) is 12.5. The summed E-state index contributed by atoms with van der Waals surface area (Å²) in [5.41, 5.74) is 1.98. The van der Waals surface area contributed by atoms with Crippen LogP contribution >= 0.6 is 0 Å². The summed E-state index contributed by atoms with van der Waals surface area (Å²) in [5.74, 6) is 2.61. The Bertz CT molecular complexity index is 1240. The van der Waals surface area contributed by atoms with Crippen molar-refractivity contribution in [2.75, 3.05) is 6.61 Å². The standard InChI is InChI=1S/C35H53N3O4/c1-22(2)24-11-16-35(19-41-30(40)38-21-36-20-37-38)18-17-33(7)25(29(24)35)9-10-27-32(6)14-13-28(42-23(3)39)31(4,5)26(32)12-15-34(27,33)8/h20-21,24-29H,1,9-19H2,2-8H3/t24-,25?,26?,27?,28-,29?,32-,33+,34+,35+/m0/s1. The van der Waals surface area contributed by atoms with E-state index in [1.165, 1.54) is 55.0 Å². The second-order valence-corrected chi connectivity index (χ2v) is 16.4. The molecule has 0 saturated heterocycles. The summed E-state index contributed by atoms with van der Waals surface area (Å²) >= 11 is 0. The molecule has 6 rings (SSSR count). The first-order chi connectivity index (χ1) is 19.7. The van der Waals surface area contributed by atoms with Gasteiger partial charge in [-0.3, -0.25) is 4.79 Å². The Morgan fingerprint density at radius 1 is 0.905 bits per heavy atom. The Hall–Kier alpha value is -2.18. The highest BCUT2D eigenvalue weighted by atomic mass is 16.6. The lowest BCUT2D eigenvalue weighted by Gasteiger charge is -2.73. The fourth-order valence-electron chi connectivity index (χ4n) is 12.5. The van der Waals surface area contributed by atoms with Crippen LogP contribution < -0.4 is 0 Å². The van der Waals surface area contributed by atoms with E-state index in [0.29, 0.717) is 36.2 Å². The van der Waals surface area contributed by atoms with Crippen LogP contribution in [0.3, 0.4) is 0 Å². The average Bonchev–Trinajstić information content (AvgIpc) is 3.58. The van der Waals surface area contributed by atoms with Crippen molar-refractivity contribution < 1.29 is 19.1 Å². The molecule has 0 aromatic carbocycles. The predicted octanol–water partition coefficient (Wildman–Crippen LogP) is 7.85. The van der Waals surface area contributed by atoms with E-state index in [2.05, 4.69) is 58.2 Å². The van der Waals surface area contributed by atoms with Crippen molar-refractivity contribution in [2.24, 2.45) is 56.7 Å². The summed E-state index contributed by atoms with van der Waals surface area (Å²) in [6.07, 6.45) is 13.9. The second-order valence-electron chi connectivity index (χ2n) is 16.4. The third-order valence-electron chi connectivity index (χ3n) is 14.6. The van der Waals surface area contributed by atoms with Crippen LogP contribution in [0.15, 0.2) is 24.8 Å². The maximum absolute atomic E-state index is 12.8. The van der Waals surface area contributed by atoms with Gasteiger partial charge in [0.2, 0.25) is 0 Å². The van der Waals surface area contributed by atoms with E-state index in [1.807, 2.05) is 0 Å². The number of esters is 1. The smallest absolute Gasteiger partial charge is 0.436 e. The van der Waals surface area contributed by atoms with Gasteiger partial charge in [0.05, 0.1) is 6.61 Å². The minimum absolute atomic E-state index is 0.00157. The summed E-state index contributed by atoms with van der Waals surface area (Å²) in [6, 6.07) is 0. The van der Waals surface area contributed by atoms with Gasteiger partial charge in [-0.25, -0.2) is 9.78 Å². The molecule has 7 heteroatoms. The molecule has 5 saturated carbocycles. The number of carbonyl (C=O) groups excluding carboxylic acids is 2. The van der Waals surface area contributed by atoms with Crippen molar-refractivity contribution in [3.63, 3.8) is 0 Å². The fraction of sp³-hybridized carbons (Fsp3) is 0.829. The molecule has 5 aliphatic carbocycles. The minimum Gasteiger partial charge on any atom is -0.462 e. The molecule has 0 aliphatic heterocycles. The molecule has 7 nitrogen and oxygen atoms in total. The Morgan fingerprint density at radius 3 is 2.33 bits per heavy atom. The first-order valence-electron chi connectivity index (χ1n) is 16.5. The number of ether oxygens (including phenoxy) is 2. The van der Waals surface area contributed by atoms with E-state index in [-0.39, 0.29) is 39.1 Å². The highest BCUT2D eigenvalue weighted by Crippen LogP contribution is 2.77. The van der Waals surface area contributed by atoms with Crippen molar-refractivity contribution >= 4 is 12.1 Å². The molecule has 0 N–H and O–H groups in total. The molecular weight excluding hydrogens is 526 g/mol. The molecule has 1 aromatic rings. The first-order valence-corrected chi connectivity index (χ1v) is 16.5. The maximum atomic E-state index is 12.8. The number of hydrogen-bond donors (Lipinski definition) is 0. The average molecular weight is 580 g/mol. The van der Waals surface area contributed by atoms with Crippen molar-refractivity contribution in [3.05, 3.63) is 24.8 Å². The zero-order valence-electron chi connectivity index (χ0n) is 27.1. The number of fused-ring (bicyclic) bond motifs is 7. The van der Waals surface area contributed by atoms with Crippen LogP contribution in [0.4, 0.5) is 4.79 Å². The summed E-state index contributed by atoms with van der Waals surface area (Å²) in [5, 5.41) is 4.00. The largest absolute Gasteiger partial charge is 0.462 e. The van der Waals surface area contributed by atoms with E-state index in [4.69, 9.17) is 9.47 Å². The molecule has 42 heavy (non-hydrogen) atoms. The Kier molecular flexibility index (Phi) is 7.05. The van der Waals surface area contributed by atoms with Crippen LogP contribution in [0, 0.1) is 56.7 Å². The summed E-state index contributed by atoms with van der Waals surface area (Å²) in [6.45, 7) is 21.4. The Morgan fingerprint density at radius 2 is 1.67 bits per heavy atom. The van der Waals surface area contributed by atoms with Gasteiger partial charge in [-0.1, -0.05) is 46.8 Å². The van der Waals surface area contributed by atoms with Crippen molar-refractivity contribution in [2.45, 2.75) is 119 Å². The molecule has 1 heterocycles. The van der Waals surface area contributed by atoms with Gasteiger partial charge in [0.25, 0.3) is 0 Å². The monoisotopic (exact) mass is 579 g/mol. The van der Waals surface area contributed by atoms with Crippen LogP contribution in [0.2, 0.25) is 0 Å². The number of nitrogens with zero attached hydrogens (tertiary/aromatic N) is 3. The SMILES string of the molecule is C=C(C)[C@@H]1CC[C@]2(COC(=O)n3cncn3)CC[C@]3(C)C(CCC4[C@@]5(C)CC[C@H](OC(C)=O)C(C)(C)C5CC[C@]43C)C12. The van der Waals surface area contributed by atoms with Gasteiger partial charge in [-0.15, -0.1) is 5.10 Å². The molecule has 232 valence electrons. The Labute approximate surface area is 252 Å². The first kappa shape index (κ1) is 29.9. The third-order valence-corrected chi connectivity index (χ3v) is 14.6. The van der Waals surface area contributed by atoms with Gasteiger partial charge in [-0.2, -0.15) is 4.68 Å².